The van der Waals surface area contributed by atoms with Crippen molar-refractivity contribution in [2.24, 2.45) is 0 Å². The minimum absolute atomic E-state index is 0.110. The summed E-state index contributed by atoms with van der Waals surface area (Å²) >= 11 is 0. The molecule has 0 spiro atoms. The van der Waals surface area contributed by atoms with E-state index >= 15 is 0 Å². The molecule has 2 aromatic carbocycles. The molecular formula is C25H27F3N4. The smallest absolute Gasteiger partial charge is 0.340 e. The van der Waals surface area contributed by atoms with Gasteiger partial charge < -0.3 is 10.6 Å². The van der Waals surface area contributed by atoms with Gasteiger partial charge in [0.15, 0.2) is 0 Å². The van der Waals surface area contributed by atoms with Gasteiger partial charge in [0, 0.05) is 17.6 Å². The fraction of sp³-hybridized carbons (Fsp3) is 0.360. The lowest BCUT2D eigenvalue weighted by Gasteiger charge is -2.16. The average molecular weight is 441 g/mol. The van der Waals surface area contributed by atoms with E-state index in [2.05, 4.69) is 39.7 Å². The molecule has 4 rings (SSSR count). The highest BCUT2D eigenvalue weighted by atomic mass is 19.4. The maximum absolute atomic E-state index is 13.6. The Balaban J connectivity index is 1.56. The van der Waals surface area contributed by atoms with Gasteiger partial charge >= 0.3 is 6.18 Å². The Labute approximate surface area is 186 Å². The van der Waals surface area contributed by atoms with Crippen LogP contribution in [0.5, 0.6) is 0 Å². The first-order valence-electron chi connectivity index (χ1n) is 11.1. The van der Waals surface area contributed by atoms with Crippen LogP contribution >= 0.6 is 0 Å². The van der Waals surface area contributed by atoms with Crippen molar-refractivity contribution in [1.82, 2.24) is 9.97 Å². The fourth-order valence-corrected chi connectivity index (χ4v) is 4.20. The van der Waals surface area contributed by atoms with Gasteiger partial charge in [-0.25, -0.2) is 4.98 Å². The Kier molecular flexibility index (Phi) is 6.63. The van der Waals surface area contributed by atoms with Gasteiger partial charge in [0.25, 0.3) is 0 Å². The van der Waals surface area contributed by atoms with Crippen molar-refractivity contribution < 1.29 is 13.2 Å². The van der Waals surface area contributed by atoms with E-state index in [0.717, 1.165) is 30.3 Å². The number of nitrogens with zero attached hydrogens (tertiary/aromatic N) is 2. The van der Waals surface area contributed by atoms with E-state index < -0.39 is 11.7 Å². The Morgan fingerprint density at radius 3 is 2.41 bits per heavy atom. The van der Waals surface area contributed by atoms with E-state index in [1.807, 2.05) is 30.3 Å². The summed E-state index contributed by atoms with van der Waals surface area (Å²) in [6, 6.07) is 15.4. The molecule has 1 aromatic heterocycles. The van der Waals surface area contributed by atoms with Crippen LogP contribution in [0.25, 0.3) is 0 Å². The Hall–Kier alpha value is -3.09. The second-order valence-corrected chi connectivity index (χ2v) is 8.26. The summed E-state index contributed by atoms with van der Waals surface area (Å²) in [5, 5.41) is 5.87. The maximum atomic E-state index is 13.6. The molecule has 0 unspecified atom stereocenters. The molecule has 0 amide bonds. The van der Waals surface area contributed by atoms with Crippen LogP contribution in [-0.4, -0.2) is 9.97 Å². The third kappa shape index (κ3) is 5.39. The lowest BCUT2D eigenvalue weighted by Crippen LogP contribution is -2.12. The van der Waals surface area contributed by atoms with Crippen LogP contribution in [0.2, 0.25) is 0 Å². The summed E-state index contributed by atoms with van der Waals surface area (Å²) in [4.78, 5) is 8.06. The van der Waals surface area contributed by atoms with Crippen LogP contribution < -0.4 is 10.6 Å². The average Bonchev–Trinajstić information content (AvgIpc) is 3.29. The molecule has 1 saturated carbocycles. The maximum Gasteiger partial charge on any atom is 0.421 e. The van der Waals surface area contributed by atoms with Gasteiger partial charge in [0.05, 0.1) is 0 Å². The zero-order valence-electron chi connectivity index (χ0n) is 18.0. The lowest BCUT2D eigenvalue weighted by molar-refractivity contribution is -0.137. The molecule has 0 saturated heterocycles. The molecule has 7 heteroatoms. The first-order chi connectivity index (χ1) is 15.4. The molecule has 1 aliphatic rings. The molecular weight excluding hydrogens is 413 g/mol. The summed E-state index contributed by atoms with van der Waals surface area (Å²) in [5.41, 5.74) is 2.76. The Bertz CT molecular complexity index is 1040. The van der Waals surface area contributed by atoms with Crippen molar-refractivity contribution in [2.45, 2.75) is 57.5 Å². The van der Waals surface area contributed by atoms with Gasteiger partial charge in [-0.2, -0.15) is 18.2 Å². The number of hydrogen-bond donors (Lipinski definition) is 2. The number of hydrogen-bond acceptors (Lipinski definition) is 4. The molecule has 0 radical (unpaired) electrons. The monoisotopic (exact) mass is 440 g/mol. The van der Waals surface area contributed by atoms with E-state index in [0.29, 0.717) is 11.6 Å². The highest BCUT2D eigenvalue weighted by molar-refractivity contribution is 5.63. The highest BCUT2D eigenvalue weighted by Crippen LogP contribution is 2.36. The van der Waals surface area contributed by atoms with Gasteiger partial charge in [-0.15, -0.1) is 0 Å². The van der Waals surface area contributed by atoms with E-state index in [1.165, 1.54) is 31.2 Å². The first-order valence-corrected chi connectivity index (χ1v) is 11.1. The van der Waals surface area contributed by atoms with Crippen molar-refractivity contribution in [2.75, 3.05) is 10.6 Å². The fourth-order valence-electron chi connectivity index (χ4n) is 4.20. The summed E-state index contributed by atoms with van der Waals surface area (Å²) < 4.78 is 40.7. The number of nitrogens with one attached hydrogen (secondary N) is 2. The number of rotatable bonds is 7. The molecule has 3 aromatic rings. The summed E-state index contributed by atoms with van der Waals surface area (Å²) in [7, 11) is 0. The van der Waals surface area contributed by atoms with Gasteiger partial charge in [-0.1, -0.05) is 50.5 Å². The summed E-state index contributed by atoms with van der Waals surface area (Å²) in [6.07, 6.45) is 3.02. The van der Waals surface area contributed by atoms with Gasteiger partial charge in [0.1, 0.15) is 11.4 Å². The second kappa shape index (κ2) is 9.59. The predicted molar refractivity (Wildman–Crippen MR) is 122 cm³/mol. The van der Waals surface area contributed by atoms with Crippen molar-refractivity contribution in [1.29, 1.82) is 0 Å². The highest BCUT2D eigenvalue weighted by Gasteiger charge is 2.35. The van der Waals surface area contributed by atoms with Crippen LogP contribution in [0, 0.1) is 0 Å². The van der Waals surface area contributed by atoms with E-state index in [9.17, 15) is 13.2 Å². The van der Waals surface area contributed by atoms with E-state index in [-0.39, 0.29) is 11.8 Å². The second-order valence-electron chi connectivity index (χ2n) is 8.26. The lowest BCUT2D eigenvalue weighted by atomic mass is 9.98. The third-order valence-corrected chi connectivity index (χ3v) is 5.82. The van der Waals surface area contributed by atoms with Crippen LogP contribution in [0.3, 0.4) is 0 Å². The first kappa shape index (κ1) is 22.1. The number of aromatic nitrogens is 2. The topological polar surface area (TPSA) is 49.8 Å². The van der Waals surface area contributed by atoms with Gasteiger partial charge in [0.2, 0.25) is 5.95 Å². The summed E-state index contributed by atoms with van der Waals surface area (Å²) in [6.45, 7) is 2.06. The van der Waals surface area contributed by atoms with E-state index in [1.54, 1.807) is 6.07 Å². The van der Waals surface area contributed by atoms with Crippen molar-refractivity contribution >= 4 is 23.1 Å². The van der Waals surface area contributed by atoms with Crippen molar-refractivity contribution in [3.8, 4) is 0 Å². The minimum Gasteiger partial charge on any atom is -0.340 e. The SMILES string of the molecule is CCCc1cccc(Nc2nc(Nc3ccc(C4CCCC4)cc3)ncc2C(F)(F)F)c1. The number of alkyl halides is 3. The molecule has 0 aliphatic heterocycles. The largest absolute Gasteiger partial charge is 0.421 e. The molecule has 1 heterocycles. The van der Waals surface area contributed by atoms with Gasteiger partial charge in [-0.3, -0.25) is 0 Å². The molecule has 4 nitrogen and oxygen atoms in total. The minimum atomic E-state index is -4.56. The molecule has 0 bridgehead atoms. The Morgan fingerprint density at radius 2 is 1.72 bits per heavy atom. The molecule has 2 N–H and O–H groups in total. The number of anilines is 4. The van der Waals surface area contributed by atoms with Crippen LogP contribution in [0.15, 0.2) is 54.7 Å². The van der Waals surface area contributed by atoms with Crippen LogP contribution in [0.1, 0.15) is 61.6 Å². The molecule has 168 valence electrons. The normalized spacial score (nSPS) is 14.5. The predicted octanol–water partition coefficient (Wildman–Crippen LogP) is 7.59. The van der Waals surface area contributed by atoms with Crippen molar-refractivity contribution in [3.63, 3.8) is 0 Å². The zero-order valence-corrected chi connectivity index (χ0v) is 18.0. The summed E-state index contributed by atoms with van der Waals surface area (Å²) in [5.74, 6) is 0.440. The van der Waals surface area contributed by atoms with Crippen LogP contribution in [-0.2, 0) is 12.6 Å². The molecule has 32 heavy (non-hydrogen) atoms. The molecule has 1 fully saturated rings. The van der Waals surface area contributed by atoms with E-state index in [4.69, 9.17) is 0 Å². The number of halogens is 3. The molecule has 1 aliphatic carbocycles. The standard InChI is InChI=1S/C25H27F3N4/c1-2-6-17-7-5-10-21(15-17)30-23-22(25(26,27)28)16-29-24(32-23)31-20-13-11-19(12-14-20)18-8-3-4-9-18/h5,7,10-16,18H,2-4,6,8-9H2,1H3,(H2,29,30,31,32). The van der Waals surface area contributed by atoms with Crippen LogP contribution in [0.4, 0.5) is 36.3 Å². The van der Waals surface area contributed by atoms with Gasteiger partial charge in [-0.05, 0) is 60.6 Å². The van der Waals surface area contributed by atoms with Crippen molar-refractivity contribution in [3.05, 3.63) is 71.4 Å². The quantitative estimate of drug-likeness (QED) is 0.397. The zero-order chi connectivity index (χ0) is 22.6. The third-order valence-electron chi connectivity index (χ3n) is 5.82. The molecule has 0 atom stereocenters. The number of aryl methyl sites for hydroxylation is 1. The number of benzene rings is 2. The Morgan fingerprint density at radius 1 is 0.969 bits per heavy atom.